The molecule has 37 heavy (non-hydrogen) atoms. The van der Waals surface area contributed by atoms with Crippen LogP contribution >= 0.6 is 20.0 Å². The topological polar surface area (TPSA) is 141 Å². The van der Waals surface area contributed by atoms with E-state index in [1.54, 1.807) is 32.0 Å². The molecule has 6 unspecified atom stereocenters. The molecule has 14 heteroatoms. The number of H-pyrrole nitrogens is 1. The second-order valence-corrected chi connectivity index (χ2v) is 10.6. The summed E-state index contributed by atoms with van der Waals surface area (Å²) in [5.41, 5.74) is -3.36. The third-order valence-electron chi connectivity index (χ3n) is 5.20. The van der Waals surface area contributed by atoms with Crippen LogP contribution in [0.5, 0.6) is 5.75 Å². The van der Waals surface area contributed by atoms with Gasteiger partial charge in [0.2, 0.25) is 5.60 Å². The molecule has 1 aliphatic rings. The van der Waals surface area contributed by atoms with Crippen LogP contribution in [0, 0.1) is 17.0 Å². The molecule has 3 N–H and O–H groups in total. The molecular formula is C23H27FN3O8PS. The van der Waals surface area contributed by atoms with E-state index in [-0.39, 0.29) is 10.4 Å². The second-order valence-electron chi connectivity index (χ2n) is 8.45. The van der Waals surface area contributed by atoms with Gasteiger partial charge in [0, 0.05) is 6.20 Å². The van der Waals surface area contributed by atoms with Gasteiger partial charge >= 0.3 is 19.4 Å². The molecule has 1 saturated heterocycles. The first-order valence-corrected chi connectivity index (χ1v) is 13.1. The SMILES string of the molecule is C#CC1(O)C(F)C(COP(=O)(NC(C)C(=O)OC(C)C)Oc2ccccc2)OC1n1ccc(=S)[nH]c1=O. The molecule has 2 aromatic rings. The van der Waals surface area contributed by atoms with Gasteiger partial charge in [-0.05, 0) is 39.0 Å². The largest absolute Gasteiger partial charge is 0.462 e. The Morgan fingerprint density at radius 3 is 2.65 bits per heavy atom. The lowest BCUT2D eigenvalue weighted by atomic mass is 9.96. The fourth-order valence-corrected chi connectivity index (χ4v) is 5.08. The van der Waals surface area contributed by atoms with Crippen molar-refractivity contribution in [2.45, 2.75) is 57.0 Å². The van der Waals surface area contributed by atoms with Crippen LogP contribution in [0.4, 0.5) is 4.39 Å². The number of aromatic nitrogens is 2. The molecule has 0 aliphatic carbocycles. The third-order valence-corrected chi connectivity index (χ3v) is 7.08. The number of carbonyl (C=O) groups excluding carboxylic acids is 1. The molecule has 1 aliphatic heterocycles. The number of para-hydroxylation sites is 1. The zero-order chi connectivity index (χ0) is 27.4. The van der Waals surface area contributed by atoms with Crippen LogP contribution in [0.25, 0.3) is 0 Å². The Balaban J connectivity index is 1.84. The number of halogens is 1. The van der Waals surface area contributed by atoms with Gasteiger partial charge in [0.1, 0.15) is 22.5 Å². The smallest absolute Gasteiger partial charge is 0.459 e. The number of carbonyl (C=O) groups is 1. The maximum absolute atomic E-state index is 15.4. The predicted octanol–water partition coefficient (Wildman–Crippen LogP) is 2.64. The molecule has 1 aromatic heterocycles. The summed E-state index contributed by atoms with van der Waals surface area (Å²) in [6.45, 7) is 3.95. The number of nitrogens with one attached hydrogen (secondary N) is 2. The summed E-state index contributed by atoms with van der Waals surface area (Å²) < 4.78 is 51.5. The lowest BCUT2D eigenvalue weighted by Gasteiger charge is -2.25. The normalized spacial score (nSPS) is 25.7. The first-order valence-electron chi connectivity index (χ1n) is 11.2. The molecule has 0 spiro atoms. The number of aliphatic hydroxyl groups is 1. The monoisotopic (exact) mass is 555 g/mol. The molecule has 1 aromatic carbocycles. The van der Waals surface area contributed by atoms with Crippen LogP contribution in [0.15, 0.2) is 47.4 Å². The van der Waals surface area contributed by atoms with Gasteiger partial charge in [-0.2, -0.15) is 5.09 Å². The summed E-state index contributed by atoms with van der Waals surface area (Å²) in [4.78, 5) is 26.9. The van der Waals surface area contributed by atoms with E-state index in [1.807, 2.05) is 5.92 Å². The number of hydrogen-bond donors (Lipinski definition) is 3. The summed E-state index contributed by atoms with van der Waals surface area (Å²) in [6, 6.07) is 8.13. The molecule has 0 amide bonds. The van der Waals surface area contributed by atoms with Crippen LogP contribution < -0.4 is 15.3 Å². The van der Waals surface area contributed by atoms with Crippen molar-refractivity contribution < 1.29 is 37.4 Å². The van der Waals surface area contributed by atoms with E-state index >= 15 is 4.39 Å². The molecule has 2 heterocycles. The van der Waals surface area contributed by atoms with Gasteiger partial charge in [-0.15, -0.1) is 6.42 Å². The highest BCUT2D eigenvalue weighted by atomic mass is 32.1. The number of nitrogens with zero attached hydrogens (tertiary/aromatic N) is 1. The second kappa shape index (κ2) is 11.7. The predicted molar refractivity (Wildman–Crippen MR) is 133 cm³/mol. The van der Waals surface area contributed by atoms with Gasteiger partial charge in [-0.25, -0.2) is 13.8 Å². The molecule has 0 saturated carbocycles. The minimum Gasteiger partial charge on any atom is -0.462 e. The highest BCUT2D eigenvalue weighted by Crippen LogP contribution is 2.47. The van der Waals surface area contributed by atoms with Crippen molar-refractivity contribution in [1.29, 1.82) is 0 Å². The summed E-state index contributed by atoms with van der Waals surface area (Å²) in [7, 11) is -4.35. The molecule has 3 rings (SSSR count). The molecule has 1 fully saturated rings. The molecule has 200 valence electrons. The number of rotatable bonds is 10. The lowest BCUT2D eigenvalue weighted by Crippen LogP contribution is -2.45. The molecular weight excluding hydrogens is 528 g/mol. The van der Waals surface area contributed by atoms with Crippen molar-refractivity contribution in [3.63, 3.8) is 0 Å². The lowest BCUT2D eigenvalue weighted by molar-refractivity contribution is -0.149. The highest BCUT2D eigenvalue weighted by molar-refractivity contribution is 7.71. The highest BCUT2D eigenvalue weighted by Gasteiger charge is 2.57. The van der Waals surface area contributed by atoms with Crippen molar-refractivity contribution in [1.82, 2.24) is 14.6 Å². The quantitative estimate of drug-likeness (QED) is 0.173. The Morgan fingerprint density at radius 2 is 2.05 bits per heavy atom. The third kappa shape index (κ3) is 6.73. The zero-order valence-corrected chi connectivity index (χ0v) is 21.9. The fourth-order valence-electron chi connectivity index (χ4n) is 3.43. The van der Waals surface area contributed by atoms with Gasteiger partial charge in [-0.1, -0.05) is 36.3 Å². The zero-order valence-electron chi connectivity index (χ0n) is 20.2. The number of benzene rings is 1. The molecule has 0 bridgehead atoms. The maximum Gasteiger partial charge on any atom is 0.459 e. The number of esters is 1. The van der Waals surface area contributed by atoms with Crippen LogP contribution in [-0.4, -0.2) is 57.3 Å². The Hall–Kier alpha value is -2.85. The minimum absolute atomic E-state index is 0.107. The van der Waals surface area contributed by atoms with Crippen molar-refractivity contribution in [2.75, 3.05) is 6.61 Å². The minimum atomic E-state index is -4.35. The number of aromatic amines is 1. The maximum atomic E-state index is 15.4. The van der Waals surface area contributed by atoms with E-state index in [1.165, 1.54) is 31.3 Å². The van der Waals surface area contributed by atoms with E-state index in [0.29, 0.717) is 0 Å². The standard InChI is InChI=1S/C23H27FN3O8PS/c1-5-23(30)19(24)17(34-21(23)27-12-11-18(37)25-22(27)29)13-32-36(31,35-16-9-7-6-8-10-16)26-15(4)20(28)33-14(2)3/h1,6-12,14-15,17,19,21,30H,13H2,2-4H3,(H,26,31)(H,25,29,37). The summed E-state index contributed by atoms with van der Waals surface area (Å²) in [6.07, 6.45) is 0.678. The Morgan fingerprint density at radius 1 is 1.38 bits per heavy atom. The number of alkyl halides is 1. The van der Waals surface area contributed by atoms with Crippen molar-refractivity contribution >= 4 is 25.9 Å². The van der Waals surface area contributed by atoms with Crippen LogP contribution in [0.1, 0.15) is 27.0 Å². The average molecular weight is 556 g/mol. The number of ether oxygens (including phenoxy) is 2. The van der Waals surface area contributed by atoms with Gasteiger partial charge in [-0.3, -0.25) is 18.9 Å². The first kappa shape index (κ1) is 28.7. The average Bonchev–Trinajstić information content (AvgIpc) is 3.08. The first-order chi connectivity index (χ1) is 17.4. The Labute approximate surface area is 217 Å². The van der Waals surface area contributed by atoms with E-state index < -0.39 is 62.3 Å². The number of terminal acetylenes is 1. The van der Waals surface area contributed by atoms with E-state index in [2.05, 4.69) is 10.1 Å². The number of hydrogen-bond acceptors (Lipinski definition) is 9. The van der Waals surface area contributed by atoms with Gasteiger partial charge in [0.25, 0.3) is 0 Å². The molecule has 11 nitrogen and oxygen atoms in total. The van der Waals surface area contributed by atoms with Crippen molar-refractivity contribution in [3.8, 4) is 18.1 Å². The summed E-state index contributed by atoms with van der Waals surface area (Å²) in [5.74, 6) is 1.35. The van der Waals surface area contributed by atoms with Gasteiger partial charge in [0.05, 0.1) is 12.7 Å². The van der Waals surface area contributed by atoms with Crippen molar-refractivity contribution in [3.05, 3.63) is 57.7 Å². The van der Waals surface area contributed by atoms with E-state index in [4.69, 9.17) is 37.2 Å². The van der Waals surface area contributed by atoms with E-state index in [0.717, 1.165) is 4.57 Å². The van der Waals surface area contributed by atoms with Crippen molar-refractivity contribution in [2.24, 2.45) is 0 Å². The Kier molecular flexibility index (Phi) is 9.07. The summed E-state index contributed by atoms with van der Waals surface area (Å²) >= 11 is 4.89. The van der Waals surface area contributed by atoms with Gasteiger partial charge < -0.3 is 19.1 Å². The van der Waals surface area contributed by atoms with Crippen LogP contribution in [-0.2, 0) is 23.4 Å². The van der Waals surface area contributed by atoms with E-state index in [9.17, 15) is 19.3 Å². The molecule has 0 radical (unpaired) electrons. The van der Waals surface area contributed by atoms with Crippen LogP contribution in [0.2, 0.25) is 0 Å². The van der Waals surface area contributed by atoms with Crippen LogP contribution in [0.3, 0.4) is 0 Å². The summed E-state index contributed by atoms with van der Waals surface area (Å²) in [5, 5.41) is 13.3. The Bertz CT molecular complexity index is 1310. The molecule has 6 atom stereocenters. The fraction of sp³-hybridized carbons (Fsp3) is 0.435. The van der Waals surface area contributed by atoms with Gasteiger partial charge in [0.15, 0.2) is 12.4 Å².